The highest BCUT2D eigenvalue weighted by atomic mass is 19.4. The number of hydrogen-bond donors (Lipinski definition) is 1. The standard InChI is InChI=1S/C14H14F3N3/c1-20-13(5-7-19-20)10-4-6-18-12-3-2-9(8-11(10)12)14(15,16)17/h2-3,5,7-8,10,18H,4,6H2,1H3. The molecule has 0 saturated heterocycles. The number of nitrogens with zero attached hydrogens (tertiary/aromatic N) is 2. The van der Waals surface area contributed by atoms with Crippen LogP contribution in [0.25, 0.3) is 0 Å². The van der Waals surface area contributed by atoms with E-state index in [0.717, 1.165) is 30.4 Å². The van der Waals surface area contributed by atoms with Crippen LogP contribution in [0.5, 0.6) is 0 Å². The van der Waals surface area contributed by atoms with E-state index in [9.17, 15) is 13.2 Å². The maximum absolute atomic E-state index is 12.9. The summed E-state index contributed by atoms with van der Waals surface area (Å²) in [7, 11) is 1.81. The van der Waals surface area contributed by atoms with E-state index >= 15 is 0 Å². The molecule has 2 aromatic rings. The molecule has 1 unspecified atom stereocenters. The molecular weight excluding hydrogens is 267 g/mol. The van der Waals surface area contributed by atoms with Crippen molar-refractivity contribution in [3.63, 3.8) is 0 Å². The number of benzene rings is 1. The Hall–Kier alpha value is -1.98. The number of halogens is 3. The van der Waals surface area contributed by atoms with Gasteiger partial charge in [0.1, 0.15) is 0 Å². The van der Waals surface area contributed by atoms with Gasteiger partial charge >= 0.3 is 6.18 Å². The highest BCUT2D eigenvalue weighted by molar-refractivity contribution is 5.58. The fraction of sp³-hybridized carbons (Fsp3) is 0.357. The number of fused-ring (bicyclic) bond motifs is 1. The molecule has 3 nitrogen and oxygen atoms in total. The highest BCUT2D eigenvalue weighted by Crippen LogP contribution is 2.39. The van der Waals surface area contributed by atoms with Gasteiger partial charge in [0.2, 0.25) is 0 Å². The second-order valence-corrected chi connectivity index (χ2v) is 4.95. The average molecular weight is 281 g/mol. The van der Waals surface area contributed by atoms with Gasteiger partial charge in [0.15, 0.2) is 0 Å². The topological polar surface area (TPSA) is 29.9 Å². The lowest BCUT2D eigenvalue weighted by Crippen LogP contribution is -2.20. The lowest BCUT2D eigenvalue weighted by atomic mass is 9.87. The van der Waals surface area contributed by atoms with Crippen molar-refractivity contribution < 1.29 is 13.2 Å². The van der Waals surface area contributed by atoms with Crippen LogP contribution in [0.3, 0.4) is 0 Å². The summed E-state index contributed by atoms with van der Waals surface area (Å²) in [6.07, 6.45) is -1.89. The zero-order valence-electron chi connectivity index (χ0n) is 10.9. The van der Waals surface area contributed by atoms with Gasteiger partial charge in [0.05, 0.1) is 5.56 Å². The predicted octanol–water partition coefficient (Wildman–Crippen LogP) is 3.39. The summed E-state index contributed by atoms with van der Waals surface area (Å²) < 4.78 is 40.3. The molecule has 1 atom stereocenters. The summed E-state index contributed by atoms with van der Waals surface area (Å²) in [6.45, 7) is 0.744. The molecule has 2 heterocycles. The molecule has 3 rings (SSSR count). The van der Waals surface area contributed by atoms with Gasteiger partial charge in [-0.1, -0.05) is 0 Å². The smallest absolute Gasteiger partial charge is 0.385 e. The van der Waals surface area contributed by atoms with Crippen LogP contribution in [-0.2, 0) is 13.2 Å². The number of nitrogens with one attached hydrogen (secondary N) is 1. The van der Waals surface area contributed by atoms with E-state index in [1.807, 2.05) is 13.1 Å². The molecule has 106 valence electrons. The molecule has 1 N–H and O–H groups in total. The van der Waals surface area contributed by atoms with E-state index in [0.29, 0.717) is 5.56 Å². The summed E-state index contributed by atoms with van der Waals surface area (Å²) in [5.41, 5.74) is 1.80. The second kappa shape index (κ2) is 4.54. The van der Waals surface area contributed by atoms with Crippen LogP contribution < -0.4 is 5.32 Å². The van der Waals surface area contributed by atoms with Crippen molar-refractivity contribution in [3.8, 4) is 0 Å². The lowest BCUT2D eigenvalue weighted by Gasteiger charge is -2.27. The third-order valence-corrected chi connectivity index (χ3v) is 3.72. The molecule has 1 aliphatic rings. The Kier molecular flexibility index (Phi) is 2.96. The lowest BCUT2D eigenvalue weighted by molar-refractivity contribution is -0.137. The maximum atomic E-state index is 12.9. The fourth-order valence-corrected chi connectivity index (χ4v) is 2.73. The van der Waals surface area contributed by atoms with Crippen molar-refractivity contribution in [1.82, 2.24) is 9.78 Å². The first-order chi connectivity index (χ1) is 9.47. The minimum Gasteiger partial charge on any atom is -0.385 e. The Morgan fingerprint density at radius 2 is 2.10 bits per heavy atom. The summed E-state index contributed by atoms with van der Waals surface area (Å²) in [5.74, 6) is -0.0546. The van der Waals surface area contributed by atoms with Crippen molar-refractivity contribution in [2.75, 3.05) is 11.9 Å². The van der Waals surface area contributed by atoms with Crippen LogP contribution in [0.2, 0.25) is 0 Å². The van der Waals surface area contributed by atoms with Crippen molar-refractivity contribution >= 4 is 5.69 Å². The number of hydrogen-bond acceptors (Lipinski definition) is 2. The maximum Gasteiger partial charge on any atom is 0.416 e. The molecule has 6 heteroatoms. The fourth-order valence-electron chi connectivity index (χ4n) is 2.73. The first kappa shape index (κ1) is 13.0. The van der Waals surface area contributed by atoms with Crippen molar-refractivity contribution in [2.45, 2.75) is 18.5 Å². The van der Waals surface area contributed by atoms with Crippen LogP contribution >= 0.6 is 0 Å². The Balaban J connectivity index is 2.09. The Bertz CT molecular complexity index is 631. The zero-order chi connectivity index (χ0) is 14.3. The minimum atomic E-state index is -4.32. The minimum absolute atomic E-state index is 0.0546. The van der Waals surface area contributed by atoms with E-state index in [2.05, 4.69) is 10.4 Å². The van der Waals surface area contributed by atoms with Gasteiger partial charge < -0.3 is 5.32 Å². The number of anilines is 1. The van der Waals surface area contributed by atoms with Crippen LogP contribution in [-0.4, -0.2) is 16.3 Å². The number of aromatic nitrogens is 2. The normalized spacial score (nSPS) is 18.5. The first-order valence-electron chi connectivity index (χ1n) is 6.40. The molecule has 0 amide bonds. The summed E-state index contributed by atoms with van der Waals surface area (Å²) in [4.78, 5) is 0. The molecule has 20 heavy (non-hydrogen) atoms. The summed E-state index contributed by atoms with van der Waals surface area (Å²) >= 11 is 0. The molecule has 0 aliphatic carbocycles. The molecule has 0 radical (unpaired) electrons. The number of alkyl halides is 3. The molecular formula is C14H14F3N3. The zero-order valence-corrected chi connectivity index (χ0v) is 10.9. The van der Waals surface area contributed by atoms with E-state index in [1.165, 1.54) is 12.1 Å². The highest BCUT2D eigenvalue weighted by Gasteiger charge is 2.33. The van der Waals surface area contributed by atoms with Crippen LogP contribution in [0.1, 0.15) is 29.2 Å². The SMILES string of the molecule is Cn1nccc1C1CCNc2ccc(C(F)(F)F)cc21. The third kappa shape index (κ3) is 2.15. The van der Waals surface area contributed by atoms with Gasteiger partial charge in [-0.15, -0.1) is 0 Å². The Labute approximate surface area is 114 Å². The molecule has 0 saturated carbocycles. The van der Waals surface area contributed by atoms with E-state index in [-0.39, 0.29) is 5.92 Å². The Morgan fingerprint density at radius 3 is 2.75 bits per heavy atom. The van der Waals surface area contributed by atoms with Crippen LogP contribution in [0, 0.1) is 0 Å². The van der Waals surface area contributed by atoms with Crippen LogP contribution in [0.15, 0.2) is 30.5 Å². The van der Waals surface area contributed by atoms with Gasteiger partial charge in [0, 0.05) is 37.1 Å². The predicted molar refractivity (Wildman–Crippen MR) is 69.6 cm³/mol. The first-order valence-corrected chi connectivity index (χ1v) is 6.40. The Morgan fingerprint density at radius 1 is 1.30 bits per heavy atom. The van der Waals surface area contributed by atoms with E-state index in [1.54, 1.807) is 10.9 Å². The van der Waals surface area contributed by atoms with Crippen molar-refractivity contribution in [3.05, 3.63) is 47.3 Å². The molecule has 0 fully saturated rings. The number of rotatable bonds is 1. The average Bonchev–Trinajstić information content (AvgIpc) is 2.82. The van der Waals surface area contributed by atoms with Crippen molar-refractivity contribution in [2.24, 2.45) is 7.05 Å². The summed E-state index contributed by atoms with van der Waals surface area (Å²) in [5, 5.41) is 7.27. The molecule has 1 aliphatic heterocycles. The van der Waals surface area contributed by atoms with Gasteiger partial charge in [-0.2, -0.15) is 18.3 Å². The molecule has 0 spiro atoms. The van der Waals surface area contributed by atoms with E-state index < -0.39 is 11.7 Å². The van der Waals surface area contributed by atoms with Crippen LogP contribution in [0.4, 0.5) is 18.9 Å². The largest absolute Gasteiger partial charge is 0.416 e. The van der Waals surface area contributed by atoms with E-state index in [4.69, 9.17) is 0 Å². The van der Waals surface area contributed by atoms with Crippen molar-refractivity contribution in [1.29, 1.82) is 0 Å². The van der Waals surface area contributed by atoms with Gasteiger partial charge in [0.25, 0.3) is 0 Å². The third-order valence-electron chi connectivity index (χ3n) is 3.72. The van der Waals surface area contributed by atoms with Gasteiger partial charge in [-0.3, -0.25) is 4.68 Å². The van der Waals surface area contributed by atoms with Gasteiger partial charge in [-0.05, 0) is 36.2 Å². The molecule has 1 aromatic heterocycles. The summed E-state index contributed by atoms with van der Waals surface area (Å²) in [6, 6.07) is 5.75. The molecule has 1 aromatic carbocycles. The molecule has 0 bridgehead atoms. The second-order valence-electron chi connectivity index (χ2n) is 4.95. The monoisotopic (exact) mass is 281 g/mol. The quantitative estimate of drug-likeness (QED) is 0.868. The van der Waals surface area contributed by atoms with Gasteiger partial charge in [-0.25, -0.2) is 0 Å². The number of aryl methyl sites for hydroxylation is 1.